The molecule has 0 atom stereocenters. The van der Waals surface area contributed by atoms with Gasteiger partial charge in [-0.3, -0.25) is 0 Å². The molecule has 98 valence electrons. The zero-order valence-corrected chi connectivity index (χ0v) is 11.0. The van der Waals surface area contributed by atoms with Crippen LogP contribution in [0.4, 0.5) is 0 Å². The molecule has 19 heavy (non-hydrogen) atoms. The molecule has 2 aromatic rings. The summed E-state index contributed by atoms with van der Waals surface area (Å²) in [6, 6.07) is 10.3. The minimum atomic E-state index is 0.734. The molecule has 1 aromatic carbocycles. The molecule has 1 aliphatic rings. The highest BCUT2D eigenvalue weighted by Crippen LogP contribution is 2.22. The quantitative estimate of drug-likeness (QED) is 0.907. The second kappa shape index (κ2) is 5.36. The van der Waals surface area contributed by atoms with Crippen LogP contribution in [-0.2, 0) is 19.4 Å². The SMILES string of the molecule is COc1nc(Cc2ccccc2)nc2c1CCNC2. The van der Waals surface area contributed by atoms with Crippen LogP contribution in [0.25, 0.3) is 0 Å². The van der Waals surface area contributed by atoms with E-state index >= 15 is 0 Å². The first kappa shape index (κ1) is 12.1. The fraction of sp³-hybridized carbons (Fsp3) is 0.333. The molecular weight excluding hydrogens is 238 g/mol. The molecule has 1 aromatic heterocycles. The van der Waals surface area contributed by atoms with Crippen LogP contribution in [-0.4, -0.2) is 23.6 Å². The lowest BCUT2D eigenvalue weighted by Gasteiger charge is -2.19. The highest BCUT2D eigenvalue weighted by molar-refractivity contribution is 5.34. The van der Waals surface area contributed by atoms with Gasteiger partial charge in [0.25, 0.3) is 0 Å². The Labute approximate surface area is 112 Å². The van der Waals surface area contributed by atoms with Gasteiger partial charge in [0.05, 0.1) is 12.8 Å². The van der Waals surface area contributed by atoms with E-state index in [-0.39, 0.29) is 0 Å². The number of benzene rings is 1. The van der Waals surface area contributed by atoms with Gasteiger partial charge in [0.1, 0.15) is 5.82 Å². The summed E-state index contributed by atoms with van der Waals surface area (Å²) in [5.74, 6) is 1.56. The van der Waals surface area contributed by atoms with Gasteiger partial charge in [-0.1, -0.05) is 30.3 Å². The van der Waals surface area contributed by atoms with Crippen LogP contribution in [0.2, 0.25) is 0 Å². The Morgan fingerprint density at radius 3 is 2.84 bits per heavy atom. The van der Waals surface area contributed by atoms with Crippen LogP contribution < -0.4 is 10.1 Å². The van der Waals surface area contributed by atoms with Crippen molar-refractivity contribution in [2.45, 2.75) is 19.4 Å². The summed E-state index contributed by atoms with van der Waals surface area (Å²) in [4.78, 5) is 9.20. The van der Waals surface area contributed by atoms with Crippen molar-refractivity contribution >= 4 is 0 Å². The summed E-state index contributed by atoms with van der Waals surface area (Å²) >= 11 is 0. The summed E-state index contributed by atoms with van der Waals surface area (Å²) in [5, 5.41) is 3.34. The van der Waals surface area contributed by atoms with E-state index in [0.717, 1.165) is 48.9 Å². The van der Waals surface area contributed by atoms with Gasteiger partial charge < -0.3 is 10.1 Å². The maximum absolute atomic E-state index is 5.41. The van der Waals surface area contributed by atoms with Crippen molar-refractivity contribution in [2.24, 2.45) is 0 Å². The lowest BCUT2D eigenvalue weighted by atomic mass is 10.1. The zero-order chi connectivity index (χ0) is 13.1. The van der Waals surface area contributed by atoms with Gasteiger partial charge in [0.2, 0.25) is 5.88 Å². The average Bonchev–Trinajstić information content (AvgIpc) is 2.47. The van der Waals surface area contributed by atoms with E-state index < -0.39 is 0 Å². The predicted octanol–water partition coefficient (Wildman–Crippen LogP) is 1.72. The molecule has 0 saturated carbocycles. The Morgan fingerprint density at radius 1 is 1.21 bits per heavy atom. The lowest BCUT2D eigenvalue weighted by molar-refractivity contribution is 0.384. The van der Waals surface area contributed by atoms with E-state index in [4.69, 9.17) is 4.74 Å². The molecule has 0 bridgehead atoms. The Morgan fingerprint density at radius 2 is 2.05 bits per heavy atom. The number of hydrogen-bond donors (Lipinski definition) is 1. The summed E-state index contributed by atoms with van der Waals surface area (Å²) < 4.78 is 5.41. The molecule has 0 amide bonds. The van der Waals surface area contributed by atoms with Gasteiger partial charge in [-0.2, -0.15) is 4.98 Å². The topological polar surface area (TPSA) is 47.0 Å². The molecule has 2 heterocycles. The normalized spacial score (nSPS) is 13.9. The summed E-state index contributed by atoms with van der Waals surface area (Å²) in [6.45, 7) is 1.76. The number of fused-ring (bicyclic) bond motifs is 1. The van der Waals surface area contributed by atoms with Gasteiger partial charge in [0, 0.05) is 18.5 Å². The van der Waals surface area contributed by atoms with Crippen molar-refractivity contribution in [1.82, 2.24) is 15.3 Å². The van der Waals surface area contributed by atoms with Crippen LogP contribution in [0.15, 0.2) is 30.3 Å². The zero-order valence-electron chi connectivity index (χ0n) is 11.0. The molecule has 0 radical (unpaired) electrons. The maximum atomic E-state index is 5.41. The number of methoxy groups -OCH3 is 1. The minimum absolute atomic E-state index is 0.734. The van der Waals surface area contributed by atoms with Crippen LogP contribution in [0.5, 0.6) is 5.88 Å². The van der Waals surface area contributed by atoms with Crippen molar-refractivity contribution in [3.63, 3.8) is 0 Å². The molecule has 1 N–H and O–H groups in total. The first-order chi connectivity index (χ1) is 9.36. The van der Waals surface area contributed by atoms with Crippen LogP contribution in [0.3, 0.4) is 0 Å². The Hall–Kier alpha value is -1.94. The number of nitrogens with one attached hydrogen (secondary N) is 1. The smallest absolute Gasteiger partial charge is 0.219 e. The Kier molecular flexibility index (Phi) is 3.42. The molecule has 0 aliphatic carbocycles. The highest BCUT2D eigenvalue weighted by Gasteiger charge is 2.18. The minimum Gasteiger partial charge on any atom is -0.481 e. The van der Waals surface area contributed by atoms with Crippen LogP contribution in [0.1, 0.15) is 22.6 Å². The van der Waals surface area contributed by atoms with Gasteiger partial charge in [0.15, 0.2) is 0 Å². The fourth-order valence-electron chi connectivity index (χ4n) is 2.40. The molecule has 0 spiro atoms. The number of nitrogens with zero attached hydrogens (tertiary/aromatic N) is 2. The fourth-order valence-corrected chi connectivity index (χ4v) is 2.40. The molecule has 4 heteroatoms. The van der Waals surface area contributed by atoms with Gasteiger partial charge >= 0.3 is 0 Å². The van der Waals surface area contributed by atoms with Crippen LogP contribution in [0, 0.1) is 0 Å². The molecule has 0 unspecified atom stereocenters. The lowest BCUT2D eigenvalue weighted by Crippen LogP contribution is -2.26. The number of rotatable bonds is 3. The van der Waals surface area contributed by atoms with E-state index in [1.54, 1.807) is 7.11 Å². The van der Waals surface area contributed by atoms with Gasteiger partial charge in [-0.15, -0.1) is 0 Å². The van der Waals surface area contributed by atoms with E-state index in [1.165, 1.54) is 5.56 Å². The molecule has 0 saturated heterocycles. The first-order valence-corrected chi connectivity index (χ1v) is 6.54. The first-order valence-electron chi connectivity index (χ1n) is 6.54. The third-order valence-corrected chi connectivity index (χ3v) is 3.34. The van der Waals surface area contributed by atoms with E-state index in [2.05, 4.69) is 27.4 Å². The monoisotopic (exact) mass is 255 g/mol. The van der Waals surface area contributed by atoms with Crippen LogP contribution >= 0.6 is 0 Å². The Bertz CT molecular complexity index is 552. The van der Waals surface area contributed by atoms with Crippen molar-refractivity contribution < 1.29 is 4.74 Å². The molecule has 1 aliphatic heterocycles. The molecule has 0 fully saturated rings. The summed E-state index contributed by atoms with van der Waals surface area (Å²) in [7, 11) is 1.68. The summed E-state index contributed by atoms with van der Waals surface area (Å²) in [5.41, 5.74) is 3.44. The van der Waals surface area contributed by atoms with Gasteiger partial charge in [-0.05, 0) is 18.5 Å². The third-order valence-electron chi connectivity index (χ3n) is 3.34. The predicted molar refractivity (Wildman–Crippen MR) is 73.2 cm³/mol. The van der Waals surface area contributed by atoms with E-state index in [1.807, 2.05) is 18.2 Å². The Balaban J connectivity index is 1.94. The third kappa shape index (κ3) is 2.58. The maximum Gasteiger partial charge on any atom is 0.219 e. The summed E-state index contributed by atoms with van der Waals surface area (Å²) in [6.07, 6.45) is 1.68. The average molecular weight is 255 g/mol. The van der Waals surface area contributed by atoms with Crippen molar-refractivity contribution in [1.29, 1.82) is 0 Å². The van der Waals surface area contributed by atoms with E-state index in [9.17, 15) is 0 Å². The van der Waals surface area contributed by atoms with E-state index in [0.29, 0.717) is 0 Å². The second-order valence-corrected chi connectivity index (χ2v) is 4.66. The van der Waals surface area contributed by atoms with Gasteiger partial charge in [-0.25, -0.2) is 4.98 Å². The van der Waals surface area contributed by atoms with Crippen molar-refractivity contribution in [2.75, 3.05) is 13.7 Å². The van der Waals surface area contributed by atoms with Crippen molar-refractivity contribution in [3.8, 4) is 5.88 Å². The van der Waals surface area contributed by atoms with Crippen molar-refractivity contribution in [3.05, 3.63) is 53.0 Å². The number of ether oxygens (including phenoxy) is 1. The second-order valence-electron chi connectivity index (χ2n) is 4.66. The largest absolute Gasteiger partial charge is 0.481 e. The highest BCUT2D eigenvalue weighted by atomic mass is 16.5. The number of aromatic nitrogens is 2. The standard InChI is InChI=1S/C15H17N3O/c1-19-15-12-7-8-16-10-13(12)17-14(18-15)9-11-5-3-2-4-6-11/h2-6,16H,7-10H2,1H3. The molecule has 3 rings (SSSR count). The number of hydrogen-bond acceptors (Lipinski definition) is 4. The molecular formula is C15H17N3O. The molecule has 4 nitrogen and oxygen atoms in total.